The smallest absolute Gasteiger partial charge is 0.234 e. The summed E-state index contributed by atoms with van der Waals surface area (Å²) in [6.07, 6.45) is 0. The topological polar surface area (TPSA) is 31.2 Å². The van der Waals surface area contributed by atoms with Crippen LogP contribution in [0, 0.1) is 5.92 Å². The standard InChI is InChI=1S/C25H23NO2/c1-17(2)25(27)26-22-16-20(28-3)14-15-21(22)23(18-10-6-4-7-11-18)24(26)19-12-8-5-9-13-19/h4-17H,1-3H3. The van der Waals surface area contributed by atoms with Gasteiger partial charge in [0, 0.05) is 22.9 Å². The van der Waals surface area contributed by atoms with Gasteiger partial charge in [0.2, 0.25) is 5.91 Å². The number of aromatic nitrogens is 1. The second kappa shape index (κ2) is 7.35. The van der Waals surface area contributed by atoms with E-state index in [1.807, 2.05) is 73.0 Å². The van der Waals surface area contributed by atoms with Gasteiger partial charge in [-0.05, 0) is 23.3 Å². The molecule has 0 bridgehead atoms. The molecule has 4 rings (SSSR count). The lowest BCUT2D eigenvalue weighted by molar-refractivity contribution is 0.0863. The van der Waals surface area contributed by atoms with Crippen molar-refractivity contribution in [3.8, 4) is 28.1 Å². The van der Waals surface area contributed by atoms with Gasteiger partial charge >= 0.3 is 0 Å². The van der Waals surface area contributed by atoms with Gasteiger partial charge in [-0.3, -0.25) is 9.36 Å². The van der Waals surface area contributed by atoms with E-state index in [2.05, 4.69) is 24.3 Å². The van der Waals surface area contributed by atoms with E-state index >= 15 is 0 Å². The minimum atomic E-state index is -0.132. The number of carbonyl (C=O) groups is 1. The maximum Gasteiger partial charge on any atom is 0.234 e. The average Bonchev–Trinajstić information content (AvgIpc) is 3.08. The summed E-state index contributed by atoms with van der Waals surface area (Å²) in [4.78, 5) is 13.3. The molecule has 0 amide bonds. The minimum Gasteiger partial charge on any atom is -0.497 e. The fourth-order valence-electron chi connectivity index (χ4n) is 3.65. The highest BCUT2D eigenvalue weighted by molar-refractivity contribution is 6.10. The van der Waals surface area contributed by atoms with Gasteiger partial charge in [-0.1, -0.05) is 74.5 Å². The molecule has 0 radical (unpaired) electrons. The molecular formula is C25H23NO2. The van der Waals surface area contributed by atoms with Gasteiger partial charge in [-0.25, -0.2) is 0 Å². The van der Waals surface area contributed by atoms with Crippen LogP contribution in [0.15, 0.2) is 78.9 Å². The van der Waals surface area contributed by atoms with Crippen molar-refractivity contribution in [1.82, 2.24) is 4.57 Å². The van der Waals surface area contributed by atoms with E-state index in [4.69, 9.17) is 4.74 Å². The van der Waals surface area contributed by atoms with Crippen LogP contribution in [0.5, 0.6) is 5.75 Å². The molecular weight excluding hydrogens is 346 g/mol. The Kier molecular flexibility index (Phi) is 4.74. The molecule has 4 aromatic rings. The third-order valence-electron chi connectivity index (χ3n) is 5.00. The zero-order chi connectivity index (χ0) is 19.7. The van der Waals surface area contributed by atoms with Crippen LogP contribution in [-0.2, 0) is 0 Å². The number of fused-ring (bicyclic) bond motifs is 1. The molecule has 0 aliphatic rings. The van der Waals surface area contributed by atoms with Crippen molar-refractivity contribution in [2.24, 2.45) is 5.92 Å². The van der Waals surface area contributed by atoms with Crippen LogP contribution < -0.4 is 4.74 Å². The predicted molar refractivity (Wildman–Crippen MR) is 115 cm³/mol. The van der Waals surface area contributed by atoms with E-state index < -0.39 is 0 Å². The monoisotopic (exact) mass is 369 g/mol. The zero-order valence-electron chi connectivity index (χ0n) is 16.3. The fourth-order valence-corrected chi connectivity index (χ4v) is 3.65. The van der Waals surface area contributed by atoms with Gasteiger partial charge < -0.3 is 4.74 Å². The Hall–Kier alpha value is -3.33. The summed E-state index contributed by atoms with van der Waals surface area (Å²) in [6, 6.07) is 26.3. The second-order valence-electron chi connectivity index (χ2n) is 7.17. The molecule has 0 unspecified atom stereocenters. The van der Waals surface area contributed by atoms with Crippen molar-refractivity contribution >= 4 is 16.8 Å². The number of benzene rings is 3. The number of carbonyl (C=O) groups excluding carboxylic acids is 1. The third kappa shape index (κ3) is 2.99. The number of methoxy groups -OCH3 is 1. The number of hydrogen-bond donors (Lipinski definition) is 0. The van der Waals surface area contributed by atoms with Crippen LogP contribution in [0.2, 0.25) is 0 Å². The van der Waals surface area contributed by atoms with Gasteiger partial charge in [0.05, 0.1) is 18.3 Å². The minimum absolute atomic E-state index is 0.0688. The number of hydrogen-bond acceptors (Lipinski definition) is 2. The van der Waals surface area contributed by atoms with Gasteiger partial charge in [0.25, 0.3) is 0 Å². The Morgan fingerprint density at radius 3 is 2.04 bits per heavy atom. The van der Waals surface area contributed by atoms with E-state index in [0.717, 1.165) is 39.0 Å². The largest absolute Gasteiger partial charge is 0.497 e. The Balaban J connectivity index is 2.18. The van der Waals surface area contributed by atoms with Crippen LogP contribution >= 0.6 is 0 Å². The van der Waals surface area contributed by atoms with Crippen molar-refractivity contribution in [3.63, 3.8) is 0 Å². The maximum absolute atomic E-state index is 13.3. The number of nitrogens with zero attached hydrogens (tertiary/aromatic N) is 1. The molecule has 1 heterocycles. The first-order valence-corrected chi connectivity index (χ1v) is 9.49. The van der Waals surface area contributed by atoms with E-state index in [1.165, 1.54) is 0 Å². The molecule has 0 fully saturated rings. The van der Waals surface area contributed by atoms with Crippen LogP contribution in [0.25, 0.3) is 33.3 Å². The quantitative estimate of drug-likeness (QED) is 0.424. The highest BCUT2D eigenvalue weighted by Gasteiger charge is 2.25. The average molecular weight is 369 g/mol. The molecule has 0 aliphatic heterocycles. The van der Waals surface area contributed by atoms with Gasteiger partial charge in [0.1, 0.15) is 5.75 Å². The Morgan fingerprint density at radius 1 is 0.857 bits per heavy atom. The van der Waals surface area contributed by atoms with E-state index in [1.54, 1.807) is 7.11 Å². The lowest BCUT2D eigenvalue weighted by atomic mass is 9.98. The fraction of sp³-hybridized carbons (Fsp3) is 0.160. The third-order valence-corrected chi connectivity index (χ3v) is 5.00. The van der Waals surface area contributed by atoms with Crippen molar-refractivity contribution < 1.29 is 9.53 Å². The molecule has 3 heteroatoms. The summed E-state index contributed by atoms with van der Waals surface area (Å²) < 4.78 is 7.31. The van der Waals surface area contributed by atoms with Crippen molar-refractivity contribution in [3.05, 3.63) is 78.9 Å². The lowest BCUT2D eigenvalue weighted by Gasteiger charge is -2.14. The first-order valence-electron chi connectivity index (χ1n) is 9.49. The van der Waals surface area contributed by atoms with E-state index in [0.29, 0.717) is 0 Å². The SMILES string of the molecule is COc1ccc2c(-c3ccccc3)c(-c3ccccc3)n(C(=O)C(C)C)c2c1. The summed E-state index contributed by atoms with van der Waals surface area (Å²) in [7, 11) is 1.65. The number of ether oxygens (including phenoxy) is 1. The van der Waals surface area contributed by atoms with Crippen molar-refractivity contribution in [1.29, 1.82) is 0 Å². The predicted octanol–water partition coefficient (Wildman–Crippen LogP) is 6.28. The van der Waals surface area contributed by atoms with Crippen LogP contribution in [0.1, 0.15) is 18.6 Å². The molecule has 0 saturated carbocycles. The molecule has 0 saturated heterocycles. The molecule has 0 spiro atoms. The molecule has 140 valence electrons. The Morgan fingerprint density at radius 2 is 1.46 bits per heavy atom. The highest BCUT2D eigenvalue weighted by Crippen LogP contribution is 2.42. The maximum atomic E-state index is 13.3. The first kappa shape index (κ1) is 18.1. The Bertz CT molecular complexity index is 1130. The summed E-state index contributed by atoms with van der Waals surface area (Å²) in [5.74, 6) is 0.675. The van der Waals surface area contributed by atoms with E-state index in [-0.39, 0.29) is 11.8 Å². The van der Waals surface area contributed by atoms with Crippen molar-refractivity contribution in [2.75, 3.05) is 7.11 Å². The molecule has 0 N–H and O–H groups in total. The molecule has 1 aromatic heterocycles. The Labute approximate surface area is 165 Å². The molecule has 0 aliphatic carbocycles. The summed E-state index contributed by atoms with van der Waals surface area (Å²) >= 11 is 0. The van der Waals surface area contributed by atoms with Crippen molar-refractivity contribution in [2.45, 2.75) is 13.8 Å². The molecule has 0 atom stereocenters. The first-order chi connectivity index (χ1) is 13.6. The molecule has 3 aromatic carbocycles. The van der Waals surface area contributed by atoms with Crippen LogP contribution in [0.3, 0.4) is 0 Å². The van der Waals surface area contributed by atoms with Crippen LogP contribution in [0.4, 0.5) is 0 Å². The second-order valence-corrected chi connectivity index (χ2v) is 7.17. The van der Waals surface area contributed by atoms with Gasteiger partial charge in [-0.2, -0.15) is 0 Å². The van der Waals surface area contributed by atoms with Crippen LogP contribution in [-0.4, -0.2) is 17.6 Å². The zero-order valence-corrected chi connectivity index (χ0v) is 16.3. The lowest BCUT2D eigenvalue weighted by Crippen LogP contribution is -2.17. The highest BCUT2D eigenvalue weighted by atomic mass is 16.5. The summed E-state index contributed by atoms with van der Waals surface area (Å²) in [5.41, 5.74) is 4.97. The number of rotatable bonds is 4. The van der Waals surface area contributed by atoms with Gasteiger partial charge in [0.15, 0.2) is 0 Å². The summed E-state index contributed by atoms with van der Waals surface area (Å²) in [5, 5.41) is 1.04. The van der Waals surface area contributed by atoms with Gasteiger partial charge in [-0.15, -0.1) is 0 Å². The van der Waals surface area contributed by atoms with E-state index in [9.17, 15) is 4.79 Å². The normalized spacial score (nSPS) is 11.1. The molecule has 3 nitrogen and oxygen atoms in total. The summed E-state index contributed by atoms with van der Waals surface area (Å²) in [6.45, 7) is 3.87. The molecule has 28 heavy (non-hydrogen) atoms.